The molecular formula is C24H31ClN2O2. The molecule has 0 aliphatic carbocycles. The fourth-order valence-electron chi connectivity index (χ4n) is 3.01. The van der Waals surface area contributed by atoms with Crippen LogP contribution in [0.2, 0.25) is 5.02 Å². The summed E-state index contributed by atoms with van der Waals surface area (Å²) < 4.78 is 0. The normalized spacial score (nSPS) is 12.9. The first-order chi connectivity index (χ1) is 13.8. The van der Waals surface area contributed by atoms with E-state index in [0.717, 1.165) is 17.5 Å². The van der Waals surface area contributed by atoms with Crippen LogP contribution in [-0.2, 0) is 22.6 Å². The summed E-state index contributed by atoms with van der Waals surface area (Å²) in [6.45, 7) is 8.10. The molecule has 1 N–H and O–H groups in total. The van der Waals surface area contributed by atoms with Gasteiger partial charge in [0.15, 0.2) is 0 Å². The average molecular weight is 415 g/mol. The number of halogens is 1. The zero-order valence-corrected chi connectivity index (χ0v) is 18.5. The summed E-state index contributed by atoms with van der Waals surface area (Å²) in [5, 5.41) is 3.57. The van der Waals surface area contributed by atoms with Crippen LogP contribution in [0.4, 0.5) is 0 Å². The Morgan fingerprint density at radius 2 is 1.72 bits per heavy atom. The molecule has 0 saturated heterocycles. The van der Waals surface area contributed by atoms with Crippen molar-refractivity contribution in [1.82, 2.24) is 10.2 Å². The number of amides is 2. The van der Waals surface area contributed by atoms with Gasteiger partial charge in [-0.1, -0.05) is 66.6 Å². The van der Waals surface area contributed by atoms with E-state index in [4.69, 9.17) is 11.6 Å². The highest BCUT2D eigenvalue weighted by atomic mass is 35.5. The van der Waals surface area contributed by atoms with Gasteiger partial charge in [0.2, 0.25) is 11.8 Å². The monoisotopic (exact) mass is 414 g/mol. The summed E-state index contributed by atoms with van der Waals surface area (Å²) in [7, 11) is 0. The van der Waals surface area contributed by atoms with Crippen molar-refractivity contribution in [2.45, 2.75) is 65.6 Å². The molecule has 0 saturated carbocycles. The summed E-state index contributed by atoms with van der Waals surface area (Å²) in [4.78, 5) is 27.4. The van der Waals surface area contributed by atoms with Gasteiger partial charge in [-0.05, 0) is 50.8 Å². The SMILES string of the molecule is CC[C@@H](C)NC(=O)[C@@H](C)N(Cc1ccccc1Cl)C(=O)CCc1ccc(C)cc1. The van der Waals surface area contributed by atoms with Crippen LogP contribution < -0.4 is 5.32 Å². The van der Waals surface area contributed by atoms with Gasteiger partial charge in [-0.3, -0.25) is 9.59 Å². The van der Waals surface area contributed by atoms with E-state index < -0.39 is 6.04 Å². The van der Waals surface area contributed by atoms with Crippen molar-refractivity contribution in [2.24, 2.45) is 0 Å². The molecule has 29 heavy (non-hydrogen) atoms. The lowest BCUT2D eigenvalue weighted by atomic mass is 10.1. The Balaban J connectivity index is 2.15. The highest BCUT2D eigenvalue weighted by Gasteiger charge is 2.27. The number of carbonyl (C=O) groups is 2. The summed E-state index contributed by atoms with van der Waals surface area (Å²) >= 11 is 6.31. The second-order valence-electron chi connectivity index (χ2n) is 7.59. The van der Waals surface area contributed by atoms with Crippen molar-refractivity contribution in [2.75, 3.05) is 0 Å². The maximum Gasteiger partial charge on any atom is 0.242 e. The molecule has 0 spiro atoms. The third kappa shape index (κ3) is 6.90. The van der Waals surface area contributed by atoms with E-state index in [9.17, 15) is 9.59 Å². The van der Waals surface area contributed by atoms with Gasteiger partial charge in [0.25, 0.3) is 0 Å². The molecule has 0 aromatic heterocycles. The van der Waals surface area contributed by atoms with Gasteiger partial charge in [0.1, 0.15) is 6.04 Å². The molecule has 156 valence electrons. The van der Waals surface area contributed by atoms with Gasteiger partial charge in [0, 0.05) is 24.0 Å². The van der Waals surface area contributed by atoms with E-state index in [-0.39, 0.29) is 17.9 Å². The van der Waals surface area contributed by atoms with Gasteiger partial charge in [0.05, 0.1) is 0 Å². The summed E-state index contributed by atoms with van der Waals surface area (Å²) in [5.74, 6) is -0.201. The van der Waals surface area contributed by atoms with Gasteiger partial charge >= 0.3 is 0 Å². The fraction of sp³-hybridized carbons (Fsp3) is 0.417. The molecule has 2 aromatic carbocycles. The molecule has 0 fully saturated rings. The predicted molar refractivity (Wildman–Crippen MR) is 119 cm³/mol. The highest BCUT2D eigenvalue weighted by molar-refractivity contribution is 6.31. The predicted octanol–water partition coefficient (Wildman–Crippen LogP) is 4.91. The third-order valence-corrected chi connectivity index (χ3v) is 5.58. The number of nitrogens with zero attached hydrogens (tertiary/aromatic N) is 1. The third-order valence-electron chi connectivity index (χ3n) is 5.21. The number of aryl methyl sites for hydroxylation is 2. The van der Waals surface area contributed by atoms with Crippen LogP contribution in [0.25, 0.3) is 0 Å². The van der Waals surface area contributed by atoms with E-state index in [1.54, 1.807) is 17.9 Å². The lowest BCUT2D eigenvalue weighted by Crippen LogP contribution is -2.49. The standard InChI is InChI=1S/C24H31ClN2O2/c1-5-18(3)26-24(29)19(4)27(16-21-8-6-7-9-22(21)25)23(28)15-14-20-12-10-17(2)11-13-20/h6-13,18-19H,5,14-16H2,1-4H3,(H,26,29)/t18-,19-/m1/s1. The van der Waals surface area contributed by atoms with Crippen LogP contribution in [0.5, 0.6) is 0 Å². The van der Waals surface area contributed by atoms with Crippen LogP contribution >= 0.6 is 11.6 Å². The number of carbonyl (C=O) groups excluding carboxylic acids is 2. The first-order valence-electron chi connectivity index (χ1n) is 10.2. The summed E-state index contributed by atoms with van der Waals surface area (Å²) in [6.07, 6.45) is 1.82. The quantitative estimate of drug-likeness (QED) is 0.633. The number of nitrogens with one attached hydrogen (secondary N) is 1. The fourth-order valence-corrected chi connectivity index (χ4v) is 3.20. The minimum absolute atomic E-state index is 0.0581. The van der Waals surface area contributed by atoms with Crippen molar-refractivity contribution >= 4 is 23.4 Å². The van der Waals surface area contributed by atoms with Gasteiger partial charge in [-0.2, -0.15) is 0 Å². The molecular weight excluding hydrogens is 384 g/mol. The van der Waals surface area contributed by atoms with Crippen molar-refractivity contribution in [1.29, 1.82) is 0 Å². The van der Waals surface area contributed by atoms with Crippen LogP contribution in [0.1, 0.15) is 50.3 Å². The van der Waals surface area contributed by atoms with Gasteiger partial charge < -0.3 is 10.2 Å². The maximum absolute atomic E-state index is 13.1. The van der Waals surface area contributed by atoms with Crippen molar-refractivity contribution in [3.63, 3.8) is 0 Å². The molecule has 2 atom stereocenters. The molecule has 0 aliphatic heterocycles. The second-order valence-corrected chi connectivity index (χ2v) is 8.00. The summed E-state index contributed by atoms with van der Waals surface area (Å²) in [5.41, 5.74) is 3.13. The first-order valence-corrected chi connectivity index (χ1v) is 10.6. The highest BCUT2D eigenvalue weighted by Crippen LogP contribution is 2.20. The largest absolute Gasteiger partial charge is 0.352 e. The van der Waals surface area contributed by atoms with E-state index in [1.165, 1.54) is 5.56 Å². The van der Waals surface area contributed by atoms with Gasteiger partial charge in [-0.15, -0.1) is 0 Å². The lowest BCUT2D eigenvalue weighted by molar-refractivity contribution is -0.140. The minimum atomic E-state index is -0.578. The molecule has 0 radical (unpaired) electrons. The molecule has 2 amide bonds. The van der Waals surface area contributed by atoms with E-state index >= 15 is 0 Å². The van der Waals surface area contributed by atoms with Crippen molar-refractivity contribution < 1.29 is 9.59 Å². The molecule has 5 heteroatoms. The molecule has 0 unspecified atom stereocenters. The number of benzene rings is 2. The Morgan fingerprint density at radius 1 is 1.07 bits per heavy atom. The molecule has 0 bridgehead atoms. The number of hydrogen-bond donors (Lipinski definition) is 1. The van der Waals surface area contributed by atoms with Crippen LogP contribution in [-0.4, -0.2) is 28.8 Å². The average Bonchev–Trinajstić information content (AvgIpc) is 2.71. The summed E-state index contributed by atoms with van der Waals surface area (Å²) in [6, 6.07) is 15.1. The Hall–Kier alpha value is -2.33. The van der Waals surface area contributed by atoms with Crippen molar-refractivity contribution in [3.8, 4) is 0 Å². The smallest absolute Gasteiger partial charge is 0.242 e. The van der Waals surface area contributed by atoms with Crippen LogP contribution in [0.15, 0.2) is 48.5 Å². The van der Waals surface area contributed by atoms with Crippen molar-refractivity contribution in [3.05, 3.63) is 70.2 Å². The zero-order valence-electron chi connectivity index (χ0n) is 17.7. The Kier molecular flexibility index (Phi) is 8.71. The number of rotatable bonds is 9. The molecule has 2 aromatic rings. The van der Waals surface area contributed by atoms with E-state index in [0.29, 0.717) is 24.4 Å². The van der Waals surface area contributed by atoms with Crippen LogP contribution in [0, 0.1) is 6.92 Å². The van der Waals surface area contributed by atoms with Crippen LogP contribution in [0.3, 0.4) is 0 Å². The molecule has 2 rings (SSSR count). The van der Waals surface area contributed by atoms with E-state index in [2.05, 4.69) is 5.32 Å². The lowest BCUT2D eigenvalue weighted by Gasteiger charge is -2.30. The molecule has 0 aliphatic rings. The first kappa shape index (κ1) is 23.0. The zero-order chi connectivity index (χ0) is 21.4. The Morgan fingerprint density at radius 3 is 2.34 bits per heavy atom. The maximum atomic E-state index is 13.1. The van der Waals surface area contributed by atoms with E-state index in [1.807, 2.05) is 63.2 Å². The molecule has 0 heterocycles. The topological polar surface area (TPSA) is 49.4 Å². The molecule has 4 nitrogen and oxygen atoms in total. The second kappa shape index (κ2) is 11.0. The Labute approximate surface area is 179 Å². The minimum Gasteiger partial charge on any atom is -0.352 e. The number of hydrogen-bond acceptors (Lipinski definition) is 2. The van der Waals surface area contributed by atoms with Gasteiger partial charge in [-0.25, -0.2) is 0 Å². The Bertz CT molecular complexity index is 820.